The van der Waals surface area contributed by atoms with Gasteiger partial charge in [-0.25, -0.2) is 4.79 Å². The Morgan fingerprint density at radius 2 is 1.92 bits per heavy atom. The third-order valence-electron chi connectivity index (χ3n) is 3.45. The molecule has 8 nitrogen and oxygen atoms in total. The van der Waals surface area contributed by atoms with Gasteiger partial charge in [-0.3, -0.25) is 19.0 Å². The first-order valence-corrected chi connectivity index (χ1v) is 7.51. The fourth-order valence-electron chi connectivity index (χ4n) is 2.44. The molecular formula is C16H19N3O5. The fraction of sp³-hybridized carbons (Fsp3) is 0.375. The summed E-state index contributed by atoms with van der Waals surface area (Å²) in [6.45, 7) is 2.94. The lowest BCUT2D eigenvalue weighted by molar-refractivity contribution is -0.145. The van der Waals surface area contributed by atoms with Gasteiger partial charge in [0.1, 0.15) is 13.1 Å². The van der Waals surface area contributed by atoms with Crippen LogP contribution in [0.4, 0.5) is 0 Å². The molecule has 0 aliphatic rings. The highest BCUT2D eigenvalue weighted by Gasteiger charge is 2.20. The van der Waals surface area contributed by atoms with Crippen molar-refractivity contribution in [1.29, 1.82) is 0 Å². The Kier molecular flexibility index (Phi) is 5.18. The van der Waals surface area contributed by atoms with Crippen molar-refractivity contribution in [2.75, 3.05) is 13.1 Å². The van der Waals surface area contributed by atoms with E-state index in [1.807, 2.05) is 13.8 Å². The number of hydrogen-bond donors (Lipinski definition) is 2. The Bertz CT molecular complexity index is 881. The molecule has 0 unspecified atom stereocenters. The molecule has 1 aromatic heterocycles. The number of benzene rings is 1. The van der Waals surface area contributed by atoms with Gasteiger partial charge in [0.15, 0.2) is 0 Å². The second-order valence-electron chi connectivity index (χ2n) is 5.93. The Morgan fingerprint density at radius 1 is 1.25 bits per heavy atom. The molecule has 0 aliphatic heterocycles. The standard InChI is InChI=1S/C16H19N3O5/c1-10(2)7-18(9-14(21)22)13(20)8-19-15(23)11-5-3-4-6-12(11)17-16(19)24/h3-6,10H,7-9H2,1-2H3,(H,17,24)(H,21,22). The van der Waals surface area contributed by atoms with Crippen LogP contribution in [0, 0.1) is 5.92 Å². The molecule has 0 spiro atoms. The van der Waals surface area contributed by atoms with Crippen molar-refractivity contribution in [2.24, 2.45) is 5.92 Å². The Balaban J connectivity index is 2.37. The predicted molar refractivity (Wildman–Crippen MR) is 87.9 cm³/mol. The number of carboxylic acid groups (broad SMARTS) is 1. The smallest absolute Gasteiger partial charge is 0.329 e. The van der Waals surface area contributed by atoms with Crippen LogP contribution in [0.5, 0.6) is 0 Å². The Morgan fingerprint density at radius 3 is 2.54 bits per heavy atom. The van der Waals surface area contributed by atoms with Crippen molar-refractivity contribution in [3.05, 3.63) is 45.1 Å². The molecule has 2 rings (SSSR count). The molecule has 0 bridgehead atoms. The third kappa shape index (κ3) is 3.89. The molecule has 2 aromatic rings. The van der Waals surface area contributed by atoms with Crippen molar-refractivity contribution >= 4 is 22.8 Å². The van der Waals surface area contributed by atoms with E-state index in [0.717, 1.165) is 9.47 Å². The van der Waals surface area contributed by atoms with E-state index in [9.17, 15) is 19.2 Å². The first kappa shape index (κ1) is 17.5. The van der Waals surface area contributed by atoms with E-state index in [1.54, 1.807) is 24.3 Å². The molecule has 1 heterocycles. The molecule has 0 saturated heterocycles. The fourth-order valence-corrected chi connectivity index (χ4v) is 2.44. The molecule has 0 aliphatic carbocycles. The average molecular weight is 333 g/mol. The number of hydrogen-bond acceptors (Lipinski definition) is 4. The summed E-state index contributed by atoms with van der Waals surface area (Å²) in [6.07, 6.45) is 0. The van der Waals surface area contributed by atoms with Crippen molar-refractivity contribution in [2.45, 2.75) is 20.4 Å². The summed E-state index contributed by atoms with van der Waals surface area (Å²) in [5.41, 5.74) is -0.893. The number of para-hydroxylation sites is 1. The van der Waals surface area contributed by atoms with Gasteiger partial charge in [0.25, 0.3) is 5.56 Å². The molecule has 0 atom stereocenters. The van der Waals surface area contributed by atoms with Gasteiger partial charge >= 0.3 is 11.7 Å². The Hall–Kier alpha value is -2.90. The summed E-state index contributed by atoms with van der Waals surface area (Å²) < 4.78 is 0.792. The van der Waals surface area contributed by atoms with Crippen LogP contribution in [-0.4, -0.2) is 44.5 Å². The van der Waals surface area contributed by atoms with Gasteiger partial charge in [-0.15, -0.1) is 0 Å². The highest BCUT2D eigenvalue weighted by Crippen LogP contribution is 2.04. The Labute approximate surface area is 137 Å². The number of carbonyl (C=O) groups is 2. The van der Waals surface area contributed by atoms with Gasteiger partial charge in [0.2, 0.25) is 5.91 Å². The van der Waals surface area contributed by atoms with Gasteiger partial charge in [-0.2, -0.15) is 0 Å². The molecule has 2 N–H and O–H groups in total. The number of fused-ring (bicyclic) bond motifs is 1. The van der Waals surface area contributed by atoms with Gasteiger partial charge in [-0.1, -0.05) is 26.0 Å². The second-order valence-corrected chi connectivity index (χ2v) is 5.93. The van der Waals surface area contributed by atoms with Crippen LogP contribution in [0.3, 0.4) is 0 Å². The van der Waals surface area contributed by atoms with Gasteiger partial charge in [0, 0.05) is 6.54 Å². The van der Waals surface area contributed by atoms with Gasteiger partial charge in [0.05, 0.1) is 10.9 Å². The minimum absolute atomic E-state index is 0.0555. The number of amides is 1. The minimum Gasteiger partial charge on any atom is -0.480 e. The lowest BCUT2D eigenvalue weighted by atomic mass is 10.2. The molecule has 24 heavy (non-hydrogen) atoms. The maximum absolute atomic E-state index is 12.4. The van der Waals surface area contributed by atoms with E-state index >= 15 is 0 Å². The van der Waals surface area contributed by atoms with Crippen molar-refractivity contribution in [1.82, 2.24) is 14.5 Å². The zero-order valence-electron chi connectivity index (χ0n) is 13.5. The normalized spacial score (nSPS) is 11.0. The maximum Gasteiger partial charge on any atom is 0.329 e. The second kappa shape index (κ2) is 7.12. The molecule has 0 saturated carbocycles. The molecule has 8 heteroatoms. The van der Waals surface area contributed by atoms with Crippen LogP contribution >= 0.6 is 0 Å². The van der Waals surface area contributed by atoms with Crippen LogP contribution in [0.15, 0.2) is 33.9 Å². The highest BCUT2D eigenvalue weighted by molar-refractivity contribution is 5.82. The SMILES string of the molecule is CC(C)CN(CC(=O)O)C(=O)Cn1c(=O)[nH]c2ccccc2c1=O. The lowest BCUT2D eigenvalue weighted by Crippen LogP contribution is -2.45. The first-order chi connectivity index (χ1) is 11.3. The quantitative estimate of drug-likeness (QED) is 0.787. The number of carbonyl (C=O) groups excluding carboxylic acids is 1. The summed E-state index contributed by atoms with van der Waals surface area (Å²) in [5.74, 6) is -1.68. The van der Waals surface area contributed by atoms with Crippen LogP contribution in [-0.2, 0) is 16.1 Å². The zero-order chi connectivity index (χ0) is 17.9. The molecular weight excluding hydrogens is 314 g/mol. The van der Waals surface area contributed by atoms with E-state index in [-0.39, 0.29) is 12.5 Å². The van der Waals surface area contributed by atoms with E-state index in [1.165, 1.54) is 0 Å². The van der Waals surface area contributed by atoms with Crippen molar-refractivity contribution in [3.8, 4) is 0 Å². The number of H-pyrrole nitrogens is 1. The van der Waals surface area contributed by atoms with Crippen molar-refractivity contribution in [3.63, 3.8) is 0 Å². The topological polar surface area (TPSA) is 112 Å². The minimum atomic E-state index is -1.15. The van der Waals surface area contributed by atoms with Gasteiger partial charge in [-0.05, 0) is 18.1 Å². The van der Waals surface area contributed by atoms with E-state index in [0.29, 0.717) is 10.9 Å². The number of aromatic amines is 1. The van der Waals surface area contributed by atoms with Crippen LogP contribution < -0.4 is 11.2 Å². The van der Waals surface area contributed by atoms with Crippen LogP contribution in [0.1, 0.15) is 13.8 Å². The number of aromatic nitrogens is 2. The zero-order valence-corrected chi connectivity index (χ0v) is 13.5. The summed E-state index contributed by atoms with van der Waals surface area (Å²) in [7, 11) is 0. The number of carboxylic acids is 1. The molecule has 1 amide bonds. The first-order valence-electron chi connectivity index (χ1n) is 7.51. The molecule has 0 radical (unpaired) electrons. The summed E-state index contributed by atoms with van der Waals surface area (Å²) in [5, 5.41) is 9.22. The molecule has 1 aromatic carbocycles. The molecule has 128 valence electrons. The number of aliphatic carboxylic acids is 1. The monoisotopic (exact) mass is 333 g/mol. The summed E-state index contributed by atoms with van der Waals surface area (Å²) in [6, 6.07) is 6.49. The average Bonchev–Trinajstić information content (AvgIpc) is 2.49. The van der Waals surface area contributed by atoms with Crippen LogP contribution in [0.25, 0.3) is 10.9 Å². The number of nitrogens with zero attached hydrogens (tertiary/aromatic N) is 2. The van der Waals surface area contributed by atoms with Crippen LogP contribution in [0.2, 0.25) is 0 Å². The molecule has 0 fully saturated rings. The predicted octanol–water partition coefficient (Wildman–Crippen LogP) is 0.259. The van der Waals surface area contributed by atoms with Crippen molar-refractivity contribution < 1.29 is 14.7 Å². The van der Waals surface area contributed by atoms with Gasteiger partial charge < -0.3 is 15.0 Å². The van der Waals surface area contributed by atoms with E-state index < -0.39 is 36.2 Å². The van der Waals surface area contributed by atoms with E-state index in [4.69, 9.17) is 5.11 Å². The number of rotatable bonds is 6. The lowest BCUT2D eigenvalue weighted by Gasteiger charge is -2.22. The number of nitrogens with one attached hydrogen (secondary N) is 1. The summed E-state index contributed by atoms with van der Waals surface area (Å²) >= 11 is 0. The summed E-state index contributed by atoms with van der Waals surface area (Å²) in [4.78, 5) is 51.5. The largest absolute Gasteiger partial charge is 0.480 e. The third-order valence-corrected chi connectivity index (χ3v) is 3.45. The highest BCUT2D eigenvalue weighted by atomic mass is 16.4. The maximum atomic E-state index is 12.4. The van der Waals surface area contributed by atoms with E-state index in [2.05, 4.69) is 4.98 Å².